The van der Waals surface area contributed by atoms with E-state index >= 15 is 0 Å². The molecule has 2 aliphatic heterocycles. The molecule has 2 aromatic rings. The van der Waals surface area contributed by atoms with Gasteiger partial charge in [0.25, 0.3) is 17.4 Å². The zero-order chi connectivity index (χ0) is 22.1. The van der Waals surface area contributed by atoms with Crippen LogP contribution in [-0.2, 0) is 14.3 Å². The third-order valence-electron chi connectivity index (χ3n) is 5.48. The van der Waals surface area contributed by atoms with Gasteiger partial charge in [-0.1, -0.05) is 40.2 Å². The minimum absolute atomic E-state index is 0.0918. The minimum Gasteiger partial charge on any atom is -0.507 e. The summed E-state index contributed by atoms with van der Waals surface area (Å²) in [5.74, 6) is -1.90. The average Bonchev–Trinajstić information content (AvgIpc) is 3.36. The SMILES string of the molecule is O=C1C(=O)N(C[C@@H]2CCCO2)[C@H](c2cccc([N+](=O)[O-])c2)C1=C(O)c1ccc(Br)cc1. The van der Waals surface area contributed by atoms with Crippen molar-refractivity contribution in [2.45, 2.75) is 25.0 Å². The highest BCUT2D eigenvalue weighted by molar-refractivity contribution is 9.10. The van der Waals surface area contributed by atoms with E-state index in [1.807, 2.05) is 0 Å². The van der Waals surface area contributed by atoms with Crippen molar-refractivity contribution < 1.29 is 24.4 Å². The third-order valence-corrected chi connectivity index (χ3v) is 6.01. The van der Waals surface area contributed by atoms with E-state index in [1.54, 1.807) is 30.3 Å². The van der Waals surface area contributed by atoms with Gasteiger partial charge in [0, 0.05) is 35.3 Å². The molecular weight excluding hydrogens is 468 g/mol. The van der Waals surface area contributed by atoms with Crippen LogP contribution in [0.15, 0.2) is 58.6 Å². The lowest BCUT2D eigenvalue weighted by Gasteiger charge is -2.27. The maximum Gasteiger partial charge on any atom is 0.295 e. The molecule has 31 heavy (non-hydrogen) atoms. The molecule has 0 unspecified atom stereocenters. The number of aliphatic hydroxyl groups excluding tert-OH is 1. The number of halogens is 1. The van der Waals surface area contributed by atoms with Gasteiger partial charge in [0.2, 0.25) is 0 Å². The van der Waals surface area contributed by atoms with Crippen LogP contribution in [0.2, 0.25) is 0 Å². The zero-order valence-electron chi connectivity index (χ0n) is 16.4. The number of amides is 1. The second-order valence-corrected chi connectivity index (χ2v) is 8.36. The van der Waals surface area contributed by atoms with Gasteiger partial charge < -0.3 is 14.7 Å². The molecule has 0 spiro atoms. The number of carbonyl (C=O) groups is 2. The molecule has 160 valence electrons. The first-order chi connectivity index (χ1) is 14.9. The second kappa shape index (κ2) is 8.60. The molecule has 2 fully saturated rings. The van der Waals surface area contributed by atoms with Crippen molar-refractivity contribution in [1.82, 2.24) is 4.90 Å². The van der Waals surface area contributed by atoms with Gasteiger partial charge in [0.05, 0.1) is 22.6 Å². The standard InChI is InChI=1S/C22H19BrN2O6/c23-15-8-6-13(7-9-15)20(26)18-19(14-3-1-4-16(11-14)25(29)30)24(22(28)21(18)27)12-17-5-2-10-31-17/h1,3-4,6-9,11,17,19,26H,2,5,10,12H2/t17-,19+/m0/s1. The highest BCUT2D eigenvalue weighted by Gasteiger charge is 2.47. The van der Waals surface area contributed by atoms with E-state index < -0.39 is 22.7 Å². The Balaban J connectivity index is 1.85. The normalized spacial score (nSPS) is 22.8. The third kappa shape index (κ3) is 4.11. The Morgan fingerprint density at radius 3 is 2.61 bits per heavy atom. The molecule has 0 aromatic heterocycles. The summed E-state index contributed by atoms with van der Waals surface area (Å²) in [4.78, 5) is 38.0. The predicted octanol–water partition coefficient (Wildman–Crippen LogP) is 3.96. The predicted molar refractivity (Wildman–Crippen MR) is 115 cm³/mol. The summed E-state index contributed by atoms with van der Waals surface area (Å²) < 4.78 is 6.43. The number of carbonyl (C=O) groups excluding carboxylic acids is 2. The van der Waals surface area contributed by atoms with Crippen LogP contribution in [0.1, 0.15) is 30.0 Å². The average molecular weight is 487 g/mol. The molecule has 2 saturated heterocycles. The summed E-state index contributed by atoms with van der Waals surface area (Å²) in [7, 11) is 0. The van der Waals surface area contributed by atoms with E-state index in [2.05, 4.69) is 15.9 Å². The van der Waals surface area contributed by atoms with Crippen LogP contribution < -0.4 is 0 Å². The highest BCUT2D eigenvalue weighted by atomic mass is 79.9. The molecule has 2 aliphatic rings. The second-order valence-electron chi connectivity index (χ2n) is 7.45. The Hall–Kier alpha value is -3.04. The maximum atomic E-state index is 13.0. The Morgan fingerprint density at radius 2 is 1.97 bits per heavy atom. The fourth-order valence-corrected chi connectivity index (χ4v) is 4.26. The van der Waals surface area contributed by atoms with E-state index in [1.165, 1.54) is 23.1 Å². The number of benzene rings is 2. The topological polar surface area (TPSA) is 110 Å². The molecule has 9 heteroatoms. The summed E-state index contributed by atoms with van der Waals surface area (Å²) in [5, 5.41) is 22.3. The van der Waals surface area contributed by atoms with Gasteiger partial charge in [0.1, 0.15) is 5.76 Å². The van der Waals surface area contributed by atoms with E-state index in [0.29, 0.717) is 17.7 Å². The quantitative estimate of drug-likeness (QED) is 0.225. The number of Topliss-reactive ketones (excluding diaryl/α,β-unsaturated/α-hetero) is 1. The number of nitrogens with zero attached hydrogens (tertiary/aromatic N) is 2. The molecule has 2 atom stereocenters. The Labute approximate surface area is 186 Å². The Morgan fingerprint density at radius 1 is 1.23 bits per heavy atom. The summed E-state index contributed by atoms with van der Waals surface area (Å²) in [6, 6.07) is 11.5. The first kappa shape index (κ1) is 21.2. The van der Waals surface area contributed by atoms with Crippen molar-refractivity contribution in [2.24, 2.45) is 0 Å². The maximum absolute atomic E-state index is 13.0. The molecule has 1 N–H and O–H groups in total. The first-order valence-corrected chi connectivity index (χ1v) is 10.6. The number of non-ortho nitro benzene ring substituents is 1. The molecule has 2 heterocycles. The van der Waals surface area contributed by atoms with E-state index in [0.717, 1.165) is 17.3 Å². The molecular formula is C22H19BrN2O6. The molecule has 2 aromatic carbocycles. The summed E-state index contributed by atoms with van der Waals surface area (Å²) in [6.45, 7) is 0.740. The van der Waals surface area contributed by atoms with Crippen LogP contribution in [0.25, 0.3) is 5.76 Å². The number of ether oxygens (including phenoxy) is 1. The summed E-state index contributed by atoms with van der Waals surface area (Å²) >= 11 is 3.32. The molecule has 0 radical (unpaired) electrons. The number of aliphatic hydroxyl groups is 1. The Kier molecular flexibility index (Phi) is 5.88. The number of hydrogen-bond donors (Lipinski definition) is 1. The van der Waals surface area contributed by atoms with Crippen molar-refractivity contribution in [3.63, 3.8) is 0 Å². The van der Waals surface area contributed by atoms with Gasteiger partial charge in [-0.3, -0.25) is 19.7 Å². The van der Waals surface area contributed by atoms with Crippen LogP contribution in [0.5, 0.6) is 0 Å². The number of nitro groups is 1. The van der Waals surface area contributed by atoms with Gasteiger partial charge >= 0.3 is 0 Å². The lowest BCUT2D eigenvalue weighted by atomic mass is 9.95. The fraction of sp³-hybridized carbons (Fsp3) is 0.273. The first-order valence-electron chi connectivity index (χ1n) is 9.77. The molecule has 0 bridgehead atoms. The Bertz CT molecular complexity index is 1080. The van der Waals surface area contributed by atoms with Gasteiger partial charge in [0.15, 0.2) is 0 Å². The van der Waals surface area contributed by atoms with Gasteiger partial charge in [-0.25, -0.2) is 0 Å². The van der Waals surface area contributed by atoms with Crippen molar-refractivity contribution in [2.75, 3.05) is 13.2 Å². The highest BCUT2D eigenvalue weighted by Crippen LogP contribution is 2.41. The molecule has 8 nitrogen and oxygen atoms in total. The molecule has 0 aliphatic carbocycles. The number of rotatable bonds is 5. The van der Waals surface area contributed by atoms with E-state index in [9.17, 15) is 24.8 Å². The number of hydrogen-bond acceptors (Lipinski definition) is 6. The fourth-order valence-electron chi connectivity index (χ4n) is 3.99. The molecule has 4 rings (SSSR count). The molecule has 1 amide bonds. The number of likely N-dealkylation sites (tertiary alicyclic amines) is 1. The van der Waals surface area contributed by atoms with Crippen molar-refractivity contribution in [1.29, 1.82) is 0 Å². The molecule has 0 saturated carbocycles. The lowest BCUT2D eigenvalue weighted by molar-refractivity contribution is -0.384. The van der Waals surface area contributed by atoms with Crippen LogP contribution in [0.3, 0.4) is 0 Å². The number of ketones is 1. The van der Waals surface area contributed by atoms with Gasteiger partial charge in [-0.2, -0.15) is 0 Å². The monoisotopic (exact) mass is 486 g/mol. The van der Waals surface area contributed by atoms with Crippen molar-refractivity contribution in [3.05, 3.63) is 79.8 Å². The summed E-state index contributed by atoms with van der Waals surface area (Å²) in [5.41, 5.74) is 0.494. The lowest BCUT2D eigenvalue weighted by Crippen LogP contribution is -2.36. The van der Waals surface area contributed by atoms with Crippen molar-refractivity contribution in [3.8, 4) is 0 Å². The van der Waals surface area contributed by atoms with Crippen LogP contribution in [0, 0.1) is 10.1 Å². The smallest absolute Gasteiger partial charge is 0.295 e. The summed E-state index contributed by atoms with van der Waals surface area (Å²) in [6.07, 6.45) is 1.37. The largest absolute Gasteiger partial charge is 0.507 e. The minimum atomic E-state index is -0.951. The van der Waals surface area contributed by atoms with E-state index in [4.69, 9.17) is 4.74 Å². The van der Waals surface area contributed by atoms with Gasteiger partial charge in [-0.05, 0) is 30.5 Å². The van der Waals surface area contributed by atoms with Crippen molar-refractivity contribution >= 4 is 39.1 Å². The number of nitro benzene ring substituents is 1. The van der Waals surface area contributed by atoms with Crippen LogP contribution >= 0.6 is 15.9 Å². The van der Waals surface area contributed by atoms with Crippen LogP contribution in [0.4, 0.5) is 5.69 Å². The van der Waals surface area contributed by atoms with Crippen LogP contribution in [-0.4, -0.2) is 45.9 Å². The zero-order valence-corrected chi connectivity index (χ0v) is 17.9. The van der Waals surface area contributed by atoms with E-state index in [-0.39, 0.29) is 29.7 Å². The van der Waals surface area contributed by atoms with Gasteiger partial charge in [-0.15, -0.1) is 0 Å².